The van der Waals surface area contributed by atoms with Gasteiger partial charge in [-0.2, -0.15) is 0 Å². The molecule has 0 spiro atoms. The van der Waals surface area contributed by atoms with Gasteiger partial charge >= 0.3 is 5.76 Å². The molecule has 0 saturated carbocycles. The Balaban J connectivity index is 1.34. The highest BCUT2D eigenvalue weighted by molar-refractivity contribution is 5.67. The zero-order chi connectivity index (χ0) is 18.6. The maximum atomic E-state index is 13.1. The van der Waals surface area contributed by atoms with Crippen molar-refractivity contribution in [3.8, 4) is 0 Å². The standard InChI is InChI=1S/C20H23FN4O2/c21-17-6-4-16(5-7-17)15-24-10-2-9-23(11-12-24)13-14-25-19-18(27-20(25)26)3-1-8-22-19/h1,3-8H,2,9-15H2. The van der Waals surface area contributed by atoms with Gasteiger partial charge in [0.1, 0.15) is 5.82 Å². The Kier molecular flexibility index (Phi) is 5.31. The van der Waals surface area contributed by atoms with Crippen molar-refractivity contribution in [3.63, 3.8) is 0 Å². The Bertz CT molecular complexity index is 951. The lowest BCUT2D eigenvalue weighted by atomic mass is 10.2. The Morgan fingerprint density at radius 3 is 2.63 bits per heavy atom. The first kappa shape index (κ1) is 17.9. The largest absolute Gasteiger partial charge is 0.421 e. The highest BCUT2D eigenvalue weighted by Crippen LogP contribution is 2.11. The van der Waals surface area contributed by atoms with Crippen molar-refractivity contribution in [2.45, 2.75) is 19.5 Å². The topological polar surface area (TPSA) is 54.5 Å². The van der Waals surface area contributed by atoms with E-state index in [1.807, 2.05) is 12.1 Å². The van der Waals surface area contributed by atoms with Gasteiger partial charge in [0.15, 0.2) is 11.2 Å². The molecule has 7 heteroatoms. The molecule has 27 heavy (non-hydrogen) atoms. The first-order chi connectivity index (χ1) is 13.2. The molecule has 0 atom stereocenters. The van der Waals surface area contributed by atoms with Crippen molar-refractivity contribution < 1.29 is 8.81 Å². The third-order valence-corrected chi connectivity index (χ3v) is 5.06. The first-order valence-corrected chi connectivity index (χ1v) is 9.32. The fourth-order valence-corrected chi connectivity index (χ4v) is 3.59. The molecule has 1 aromatic carbocycles. The zero-order valence-corrected chi connectivity index (χ0v) is 15.2. The van der Waals surface area contributed by atoms with Gasteiger partial charge in [-0.15, -0.1) is 0 Å². The van der Waals surface area contributed by atoms with Gasteiger partial charge in [-0.1, -0.05) is 12.1 Å². The second-order valence-electron chi connectivity index (χ2n) is 6.94. The van der Waals surface area contributed by atoms with Gasteiger partial charge in [-0.05, 0) is 49.3 Å². The van der Waals surface area contributed by atoms with Crippen LogP contribution in [0.25, 0.3) is 11.2 Å². The summed E-state index contributed by atoms with van der Waals surface area (Å²) in [7, 11) is 0. The van der Waals surface area contributed by atoms with Crippen LogP contribution in [-0.2, 0) is 13.1 Å². The smallest absolute Gasteiger partial charge is 0.406 e. The van der Waals surface area contributed by atoms with E-state index in [2.05, 4.69) is 14.8 Å². The summed E-state index contributed by atoms with van der Waals surface area (Å²) >= 11 is 0. The Morgan fingerprint density at radius 2 is 1.78 bits per heavy atom. The predicted molar refractivity (Wildman–Crippen MR) is 101 cm³/mol. The molecule has 142 valence electrons. The number of halogens is 1. The molecule has 0 amide bonds. The van der Waals surface area contributed by atoms with E-state index in [1.54, 1.807) is 22.9 Å². The Labute approximate surface area is 156 Å². The van der Waals surface area contributed by atoms with Crippen molar-refractivity contribution in [1.29, 1.82) is 0 Å². The van der Waals surface area contributed by atoms with Crippen LogP contribution in [0.2, 0.25) is 0 Å². The van der Waals surface area contributed by atoms with Gasteiger partial charge in [-0.25, -0.2) is 14.2 Å². The summed E-state index contributed by atoms with van der Waals surface area (Å²) in [5.41, 5.74) is 2.27. The van der Waals surface area contributed by atoms with Crippen LogP contribution in [0.15, 0.2) is 51.8 Å². The van der Waals surface area contributed by atoms with Gasteiger partial charge in [0.2, 0.25) is 0 Å². The average molecular weight is 370 g/mol. The maximum Gasteiger partial charge on any atom is 0.421 e. The molecule has 1 saturated heterocycles. The van der Waals surface area contributed by atoms with E-state index in [9.17, 15) is 9.18 Å². The normalized spacial score (nSPS) is 16.6. The predicted octanol–water partition coefficient (Wildman–Crippen LogP) is 2.34. The molecule has 3 aromatic rings. The van der Waals surface area contributed by atoms with E-state index in [0.29, 0.717) is 17.8 Å². The van der Waals surface area contributed by atoms with Gasteiger partial charge < -0.3 is 9.32 Å². The summed E-state index contributed by atoms with van der Waals surface area (Å²) in [6.07, 6.45) is 2.74. The molecule has 0 N–H and O–H groups in total. The summed E-state index contributed by atoms with van der Waals surface area (Å²) in [6.45, 7) is 6.11. The van der Waals surface area contributed by atoms with E-state index in [1.165, 1.54) is 12.1 Å². The molecule has 0 unspecified atom stereocenters. The van der Waals surface area contributed by atoms with Crippen LogP contribution in [0.5, 0.6) is 0 Å². The average Bonchev–Trinajstić information content (AvgIpc) is 2.83. The van der Waals surface area contributed by atoms with E-state index in [4.69, 9.17) is 4.42 Å². The molecule has 0 aliphatic carbocycles. The van der Waals surface area contributed by atoms with Gasteiger partial charge in [0.05, 0.1) is 0 Å². The van der Waals surface area contributed by atoms with Gasteiger partial charge in [-0.3, -0.25) is 9.47 Å². The quantitative estimate of drug-likeness (QED) is 0.690. The summed E-state index contributed by atoms with van der Waals surface area (Å²) in [5.74, 6) is -0.547. The lowest BCUT2D eigenvalue weighted by molar-refractivity contribution is 0.245. The number of hydrogen-bond acceptors (Lipinski definition) is 5. The number of aromatic nitrogens is 2. The number of hydrogen-bond donors (Lipinski definition) is 0. The lowest BCUT2D eigenvalue weighted by Crippen LogP contribution is -2.33. The number of pyridine rings is 1. The molecule has 6 nitrogen and oxygen atoms in total. The summed E-state index contributed by atoms with van der Waals surface area (Å²) in [4.78, 5) is 21.1. The van der Waals surface area contributed by atoms with Crippen molar-refractivity contribution in [2.75, 3.05) is 32.7 Å². The monoisotopic (exact) mass is 370 g/mol. The van der Waals surface area contributed by atoms with Gasteiger partial charge in [0, 0.05) is 38.9 Å². The van der Waals surface area contributed by atoms with E-state index in [-0.39, 0.29) is 11.6 Å². The SMILES string of the molecule is O=c1oc2cccnc2n1CCN1CCCN(Cc2ccc(F)cc2)CC1. The molecule has 1 fully saturated rings. The summed E-state index contributed by atoms with van der Waals surface area (Å²) in [6, 6.07) is 10.3. The highest BCUT2D eigenvalue weighted by Gasteiger charge is 2.16. The molecule has 0 bridgehead atoms. The van der Waals surface area contributed by atoms with Gasteiger partial charge in [0.25, 0.3) is 0 Å². The molecular weight excluding hydrogens is 347 g/mol. The van der Waals surface area contributed by atoms with Crippen LogP contribution in [0.3, 0.4) is 0 Å². The zero-order valence-electron chi connectivity index (χ0n) is 15.2. The molecule has 2 aromatic heterocycles. The maximum absolute atomic E-state index is 13.1. The minimum absolute atomic E-state index is 0.197. The second-order valence-corrected chi connectivity index (χ2v) is 6.94. The molecule has 4 rings (SSSR count). The van der Waals surface area contributed by atoms with Crippen molar-refractivity contribution >= 4 is 11.2 Å². The minimum Gasteiger partial charge on any atom is -0.406 e. The third kappa shape index (κ3) is 4.26. The highest BCUT2D eigenvalue weighted by atomic mass is 19.1. The van der Waals surface area contributed by atoms with E-state index < -0.39 is 0 Å². The van der Waals surface area contributed by atoms with Crippen LogP contribution in [0, 0.1) is 5.82 Å². The second kappa shape index (κ2) is 8.02. The minimum atomic E-state index is -0.351. The first-order valence-electron chi connectivity index (χ1n) is 9.32. The van der Waals surface area contributed by atoms with Crippen LogP contribution in [0.4, 0.5) is 4.39 Å². The molecular formula is C20H23FN4O2. The molecule has 3 heterocycles. The number of rotatable bonds is 5. The molecule has 1 aliphatic rings. The lowest BCUT2D eigenvalue weighted by Gasteiger charge is -2.21. The summed E-state index contributed by atoms with van der Waals surface area (Å²) in [5, 5.41) is 0. The van der Waals surface area contributed by atoms with Crippen molar-refractivity contribution in [2.24, 2.45) is 0 Å². The fraction of sp³-hybridized carbons (Fsp3) is 0.400. The fourth-order valence-electron chi connectivity index (χ4n) is 3.59. The van der Waals surface area contributed by atoms with Crippen LogP contribution in [0.1, 0.15) is 12.0 Å². The van der Waals surface area contributed by atoms with Crippen molar-refractivity contribution in [1.82, 2.24) is 19.4 Å². The number of fused-ring (bicyclic) bond motifs is 1. The van der Waals surface area contributed by atoms with Crippen molar-refractivity contribution in [3.05, 3.63) is 64.5 Å². The van der Waals surface area contributed by atoms with Crippen LogP contribution < -0.4 is 5.76 Å². The van der Waals surface area contributed by atoms with E-state index >= 15 is 0 Å². The molecule has 0 radical (unpaired) electrons. The summed E-state index contributed by atoms with van der Waals surface area (Å²) < 4.78 is 19.9. The van der Waals surface area contributed by atoms with E-state index in [0.717, 1.165) is 51.3 Å². The van der Waals surface area contributed by atoms with Crippen LogP contribution in [-0.4, -0.2) is 52.1 Å². The Hall–Kier alpha value is -2.51. The number of benzene rings is 1. The third-order valence-electron chi connectivity index (χ3n) is 5.06. The van der Waals surface area contributed by atoms with Crippen LogP contribution >= 0.6 is 0 Å². The number of nitrogens with zero attached hydrogens (tertiary/aromatic N) is 4. The Morgan fingerprint density at radius 1 is 1.00 bits per heavy atom. The molecule has 1 aliphatic heterocycles. The number of oxazole rings is 1.